The van der Waals surface area contributed by atoms with Gasteiger partial charge in [-0.15, -0.1) is 5.10 Å². The summed E-state index contributed by atoms with van der Waals surface area (Å²) < 4.78 is 7.00. The normalized spacial score (nSPS) is 11.0. The Morgan fingerprint density at radius 2 is 2.12 bits per heavy atom. The predicted octanol–water partition coefficient (Wildman–Crippen LogP) is 3.05. The van der Waals surface area contributed by atoms with Gasteiger partial charge in [0.05, 0.1) is 12.6 Å². The van der Waals surface area contributed by atoms with E-state index in [-0.39, 0.29) is 17.3 Å². The smallest absolute Gasteiger partial charge is 0.255 e. The number of anilines is 1. The molecule has 3 rings (SSSR count). The summed E-state index contributed by atoms with van der Waals surface area (Å²) >= 11 is 0. The van der Waals surface area contributed by atoms with E-state index in [0.29, 0.717) is 22.7 Å². The van der Waals surface area contributed by atoms with Gasteiger partial charge in [0, 0.05) is 12.1 Å². The van der Waals surface area contributed by atoms with E-state index < -0.39 is 0 Å². The summed E-state index contributed by atoms with van der Waals surface area (Å²) in [6.45, 7) is 4.97. The summed E-state index contributed by atoms with van der Waals surface area (Å²) in [6, 6.07) is 10.0. The molecule has 0 spiro atoms. The Balaban J connectivity index is 1.88. The number of rotatable bonds is 5. The average molecular weight is 340 g/mol. The minimum Gasteiger partial charge on any atom is -0.506 e. The summed E-state index contributed by atoms with van der Waals surface area (Å²) in [6.07, 6.45) is 0. The Kier molecular flexibility index (Phi) is 4.56. The van der Waals surface area contributed by atoms with Crippen molar-refractivity contribution < 1.29 is 14.6 Å². The molecule has 0 saturated carbocycles. The zero-order valence-electron chi connectivity index (χ0n) is 14.4. The van der Waals surface area contributed by atoms with Crippen molar-refractivity contribution in [3.63, 3.8) is 0 Å². The van der Waals surface area contributed by atoms with Crippen LogP contribution in [0.5, 0.6) is 11.5 Å². The minimum atomic E-state index is -0.361. The second-order valence-corrected chi connectivity index (χ2v) is 6.18. The van der Waals surface area contributed by atoms with Crippen molar-refractivity contribution in [3.05, 3.63) is 42.0 Å². The molecule has 0 aliphatic carbocycles. The van der Waals surface area contributed by atoms with Gasteiger partial charge >= 0.3 is 0 Å². The second-order valence-electron chi connectivity index (χ2n) is 6.18. The number of nitrogens with one attached hydrogen (secondary N) is 1. The number of phenolic OH excluding ortho intramolecular Hbond substituents is 1. The molecule has 0 bridgehead atoms. The Labute approximate surface area is 145 Å². The van der Waals surface area contributed by atoms with E-state index in [2.05, 4.69) is 29.5 Å². The van der Waals surface area contributed by atoms with Crippen LogP contribution in [-0.4, -0.2) is 33.1 Å². The Morgan fingerprint density at radius 3 is 2.84 bits per heavy atom. The van der Waals surface area contributed by atoms with Crippen LogP contribution in [0.3, 0.4) is 0 Å². The number of benzene rings is 2. The molecular weight excluding hydrogens is 320 g/mol. The van der Waals surface area contributed by atoms with E-state index in [0.717, 1.165) is 12.1 Å². The molecular formula is C18H20N4O3. The van der Waals surface area contributed by atoms with Gasteiger partial charge in [-0.05, 0) is 36.2 Å². The zero-order valence-corrected chi connectivity index (χ0v) is 14.4. The molecule has 0 radical (unpaired) electrons. The van der Waals surface area contributed by atoms with Gasteiger partial charge in [-0.3, -0.25) is 4.79 Å². The van der Waals surface area contributed by atoms with Gasteiger partial charge in [-0.2, -0.15) is 0 Å². The van der Waals surface area contributed by atoms with Crippen LogP contribution in [0.4, 0.5) is 5.69 Å². The van der Waals surface area contributed by atoms with Gasteiger partial charge in [-0.25, -0.2) is 4.68 Å². The third kappa shape index (κ3) is 3.40. The van der Waals surface area contributed by atoms with Crippen molar-refractivity contribution >= 4 is 22.6 Å². The molecule has 2 N–H and O–H groups in total. The standard InChI is InChI=1S/C18H20N4O3/c1-11(2)10-22-14-8-7-12(9-13(14)20-21-22)18(24)19-17-15(23)5-4-6-16(17)25-3/h4-9,11,23H,10H2,1-3H3,(H,19,24). The number of aromatic hydroxyl groups is 1. The Morgan fingerprint density at radius 1 is 1.32 bits per heavy atom. The van der Waals surface area contributed by atoms with Gasteiger partial charge in [0.25, 0.3) is 5.91 Å². The van der Waals surface area contributed by atoms with E-state index in [1.807, 2.05) is 10.7 Å². The van der Waals surface area contributed by atoms with E-state index in [9.17, 15) is 9.90 Å². The fourth-order valence-corrected chi connectivity index (χ4v) is 2.60. The van der Waals surface area contributed by atoms with Crippen LogP contribution >= 0.6 is 0 Å². The summed E-state index contributed by atoms with van der Waals surface area (Å²) in [7, 11) is 1.48. The molecule has 0 atom stereocenters. The number of aromatic nitrogens is 3. The third-order valence-corrected chi connectivity index (χ3v) is 3.78. The molecule has 0 aliphatic heterocycles. The minimum absolute atomic E-state index is 0.0587. The fraction of sp³-hybridized carbons (Fsp3) is 0.278. The summed E-state index contributed by atoms with van der Waals surface area (Å²) in [5, 5.41) is 20.9. The number of nitrogens with zero attached hydrogens (tertiary/aromatic N) is 3. The molecule has 0 saturated heterocycles. The largest absolute Gasteiger partial charge is 0.506 e. The average Bonchev–Trinajstić information content (AvgIpc) is 2.98. The lowest BCUT2D eigenvalue weighted by Crippen LogP contribution is -2.13. The molecule has 3 aromatic rings. The number of amides is 1. The molecule has 0 aliphatic rings. The first-order valence-electron chi connectivity index (χ1n) is 8.00. The van der Waals surface area contributed by atoms with E-state index in [4.69, 9.17) is 4.74 Å². The van der Waals surface area contributed by atoms with Crippen molar-refractivity contribution in [1.29, 1.82) is 0 Å². The van der Waals surface area contributed by atoms with Gasteiger partial charge in [0.1, 0.15) is 22.7 Å². The number of phenols is 1. The monoisotopic (exact) mass is 340 g/mol. The number of ether oxygens (including phenoxy) is 1. The van der Waals surface area contributed by atoms with Crippen molar-refractivity contribution in [1.82, 2.24) is 15.0 Å². The molecule has 0 unspecified atom stereocenters. The molecule has 130 valence electrons. The molecule has 0 fully saturated rings. The number of para-hydroxylation sites is 1. The Bertz CT molecular complexity index is 918. The SMILES string of the molecule is COc1cccc(O)c1NC(=O)c1ccc2c(c1)nnn2CC(C)C. The van der Waals surface area contributed by atoms with Crippen LogP contribution in [0.1, 0.15) is 24.2 Å². The van der Waals surface area contributed by atoms with Gasteiger partial charge in [0.2, 0.25) is 0 Å². The molecule has 1 aromatic heterocycles. The number of hydrogen-bond donors (Lipinski definition) is 2. The molecule has 25 heavy (non-hydrogen) atoms. The maximum absolute atomic E-state index is 12.5. The van der Waals surface area contributed by atoms with Gasteiger partial charge < -0.3 is 15.2 Å². The summed E-state index contributed by atoms with van der Waals surface area (Å²) in [4.78, 5) is 12.5. The number of methoxy groups -OCH3 is 1. The highest BCUT2D eigenvalue weighted by atomic mass is 16.5. The van der Waals surface area contributed by atoms with Crippen LogP contribution in [0.2, 0.25) is 0 Å². The van der Waals surface area contributed by atoms with Crippen molar-refractivity contribution in [2.45, 2.75) is 20.4 Å². The van der Waals surface area contributed by atoms with Crippen LogP contribution in [-0.2, 0) is 6.54 Å². The second kappa shape index (κ2) is 6.80. The molecule has 1 heterocycles. The highest BCUT2D eigenvalue weighted by molar-refractivity contribution is 6.07. The first kappa shape index (κ1) is 16.8. The molecule has 2 aromatic carbocycles. The van der Waals surface area contributed by atoms with E-state index in [1.165, 1.54) is 13.2 Å². The highest BCUT2D eigenvalue weighted by Gasteiger charge is 2.15. The predicted molar refractivity (Wildman–Crippen MR) is 95.0 cm³/mol. The quantitative estimate of drug-likeness (QED) is 0.697. The summed E-state index contributed by atoms with van der Waals surface area (Å²) in [5.41, 5.74) is 2.19. The molecule has 7 heteroatoms. The number of carbonyl (C=O) groups is 1. The third-order valence-electron chi connectivity index (χ3n) is 3.78. The van der Waals surface area contributed by atoms with Crippen LogP contribution in [0, 0.1) is 5.92 Å². The van der Waals surface area contributed by atoms with E-state index >= 15 is 0 Å². The van der Waals surface area contributed by atoms with Crippen LogP contribution in [0.15, 0.2) is 36.4 Å². The van der Waals surface area contributed by atoms with Crippen LogP contribution < -0.4 is 10.1 Å². The first-order valence-corrected chi connectivity index (χ1v) is 8.00. The Hall–Kier alpha value is -3.09. The van der Waals surface area contributed by atoms with Gasteiger partial charge in [0.15, 0.2) is 0 Å². The van der Waals surface area contributed by atoms with Gasteiger partial charge in [-0.1, -0.05) is 25.1 Å². The maximum atomic E-state index is 12.5. The number of fused-ring (bicyclic) bond motifs is 1. The topological polar surface area (TPSA) is 89.3 Å². The lowest BCUT2D eigenvalue weighted by molar-refractivity contribution is 0.102. The first-order chi connectivity index (χ1) is 12.0. The van der Waals surface area contributed by atoms with Crippen molar-refractivity contribution in [2.24, 2.45) is 5.92 Å². The lowest BCUT2D eigenvalue weighted by atomic mass is 10.1. The lowest BCUT2D eigenvalue weighted by Gasteiger charge is -2.11. The fourth-order valence-electron chi connectivity index (χ4n) is 2.60. The van der Waals surface area contributed by atoms with Crippen molar-refractivity contribution in [2.75, 3.05) is 12.4 Å². The molecule has 1 amide bonds. The van der Waals surface area contributed by atoms with E-state index in [1.54, 1.807) is 24.3 Å². The highest BCUT2D eigenvalue weighted by Crippen LogP contribution is 2.33. The zero-order chi connectivity index (χ0) is 18.0. The summed E-state index contributed by atoms with van der Waals surface area (Å²) in [5.74, 6) is 0.412. The number of carbonyl (C=O) groups excluding carboxylic acids is 1. The van der Waals surface area contributed by atoms with Crippen LogP contribution in [0.25, 0.3) is 11.0 Å². The number of hydrogen-bond acceptors (Lipinski definition) is 5. The molecule has 7 nitrogen and oxygen atoms in total. The van der Waals surface area contributed by atoms with Crippen molar-refractivity contribution in [3.8, 4) is 11.5 Å². The maximum Gasteiger partial charge on any atom is 0.255 e.